The van der Waals surface area contributed by atoms with Crippen molar-refractivity contribution in [1.29, 1.82) is 0 Å². The van der Waals surface area contributed by atoms with Crippen molar-refractivity contribution in [2.75, 3.05) is 33.5 Å². The van der Waals surface area contributed by atoms with E-state index >= 15 is 0 Å². The molecule has 0 atom stereocenters. The van der Waals surface area contributed by atoms with Gasteiger partial charge in [0, 0.05) is 7.11 Å². The number of benzene rings is 1. The Kier molecular flexibility index (Phi) is 5.90. The van der Waals surface area contributed by atoms with Gasteiger partial charge in [0.05, 0.1) is 19.8 Å². The number of rotatable bonds is 7. The normalized spacial score (nSPS) is 10.4. The molecule has 0 aromatic heterocycles. The average molecular weight is 224 g/mol. The largest absolute Gasteiger partial charge is 0.491 e. The standard InChI is InChI=1S/C13H20O3/c1-11-5-4-6-12(2)13(11)16-10-9-15-8-7-14-3/h4-6H,7-10H2,1-3H3. The minimum absolute atomic E-state index is 0.579. The van der Waals surface area contributed by atoms with Gasteiger partial charge in [-0.05, 0) is 25.0 Å². The van der Waals surface area contributed by atoms with Gasteiger partial charge in [0.15, 0.2) is 0 Å². The summed E-state index contributed by atoms with van der Waals surface area (Å²) in [6, 6.07) is 6.13. The molecule has 0 saturated heterocycles. The average Bonchev–Trinajstić information content (AvgIpc) is 2.26. The molecule has 0 radical (unpaired) electrons. The summed E-state index contributed by atoms with van der Waals surface area (Å²) in [5, 5.41) is 0. The molecule has 0 aliphatic rings. The van der Waals surface area contributed by atoms with Crippen molar-refractivity contribution in [3.8, 4) is 5.75 Å². The second-order valence-electron chi connectivity index (χ2n) is 3.67. The highest BCUT2D eigenvalue weighted by molar-refractivity contribution is 5.39. The third-order valence-corrected chi connectivity index (χ3v) is 2.31. The van der Waals surface area contributed by atoms with Crippen LogP contribution in [0.4, 0.5) is 0 Å². The van der Waals surface area contributed by atoms with Crippen molar-refractivity contribution < 1.29 is 14.2 Å². The van der Waals surface area contributed by atoms with E-state index in [9.17, 15) is 0 Å². The summed E-state index contributed by atoms with van der Waals surface area (Å²) < 4.78 is 15.9. The molecule has 1 aromatic rings. The molecule has 0 amide bonds. The Labute approximate surface area is 97.3 Å². The zero-order chi connectivity index (χ0) is 11.8. The van der Waals surface area contributed by atoms with Gasteiger partial charge in [0.2, 0.25) is 0 Å². The van der Waals surface area contributed by atoms with Crippen LogP contribution in [0.2, 0.25) is 0 Å². The predicted octanol–water partition coefficient (Wildman–Crippen LogP) is 2.35. The highest BCUT2D eigenvalue weighted by atomic mass is 16.5. The molecule has 0 N–H and O–H groups in total. The molecule has 0 bridgehead atoms. The molecule has 0 spiro atoms. The van der Waals surface area contributed by atoms with Crippen molar-refractivity contribution in [2.24, 2.45) is 0 Å². The van der Waals surface area contributed by atoms with Gasteiger partial charge in [-0.15, -0.1) is 0 Å². The summed E-state index contributed by atoms with van der Waals surface area (Å²) in [6.07, 6.45) is 0. The number of methoxy groups -OCH3 is 1. The molecular formula is C13H20O3. The molecule has 0 fully saturated rings. The summed E-state index contributed by atoms with van der Waals surface area (Å²) in [7, 11) is 1.66. The van der Waals surface area contributed by atoms with Crippen LogP contribution < -0.4 is 4.74 Å². The molecule has 16 heavy (non-hydrogen) atoms. The highest BCUT2D eigenvalue weighted by Gasteiger charge is 2.02. The van der Waals surface area contributed by atoms with Crippen LogP contribution in [0, 0.1) is 13.8 Å². The zero-order valence-electron chi connectivity index (χ0n) is 10.3. The number of para-hydroxylation sites is 1. The molecule has 3 nitrogen and oxygen atoms in total. The zero-order valence-corrected chi connectivity index (χ0v) is 10.3. The summed E-state index contributed by atoms with van der Waals surface area (Å²) in [4.78, 5) is 0. The van der Waals surface area contributed by atoms with Crippen LogP contribution in [0.25, 0.3) is 0 Å². The highest BCUT2D eigenvalue weighted by Crippen LogP contribution is 2.21. The summed E-state index contributed by atoms with van der Waals surface area (Å²) in [6.45, 7) is 6.52. The van der Waals surface area contributed by atoms with Gasteiger partial charge in [-0.1, -0.05) is 18.2 Å². The molecule has 90 valence electrons. The fourth-order valence-electron chi connectivity index (χ4n) is 1.47. The molecule has 3 heteroatoms. The first-order valence-electron chi connectivity index (χ1n) is 5.51. The van der Waals surface area contributed by atoms with E-state index in [0.29, 0.717) is 26.4 Å². The second kappa shape index (κ2) is 7.25. The lowest BCUT2D eigenvalue weighted by molar-refractivity contribution is 0.0542. The van der Waals surface area contributed by atoms with Crippen molar-refractivity contribution in [2.45, 2.75) is 13.8 Å². The molecule has 0 heterocycles. The Hall–Kier alpha value is -1.06. The van der Waals surface area contributed by atoms with Crippen LogP contribution >= 0.6 is 0 Å². The van der Waals surface area contributed by atoms with Gasteiger partial charge >= 0.3 is 0 Å². The van der Waals surface area contributed by atoms with Crippen molar-refractivity contribution in [3.05, 3.63) is 29.3 Å². The minimum Gasteiger partial charge on any atom is -0.491 e. The molecule has 0 unspecified atom stereocenters. The minimum atomic E-state index is 0.579. The number of ether oxygens (including phenoxy) is 3. The third kappa shape index (κ3) is 4.21. The van der Waals surface area contributed by atoms with Gasteiger partial charge in [-0.3, -0.25) is 0 Å². The van der Waals surface area contributed by atoms with Gasteiger partial charge in [0.25, 0.3) is 0 Å². The van der Waals surface area contributed by atoms with Crippen LogP contribution in [0.15, 0.2) is 18.2 Å². The predicted molar refractivity (Wildman–Crippen MR) is 64.1 cm³/mol. The fourth-order valence-corrected chi connectivity index (χ4v) is 1.47. The van der Waals surface area contributed by atoms with Crippen molar-refractivity contribution in [1.82, 2.24) is 0 Å². The van der Waals surface area contributed by atoms with Gasteiger partial charge in [0.1, 0.15) is 12.4 Å². The molecule has 0 saturated carbocycles. The lowest BCUT2D eigenvalue weighted by atomic mass is 10.1. The Morgan fingerprint density at radius 1 is 0.938 bits per heavy atom. The maximum absolute atomic E-state index is 5.68. The van der Waals surface area contributed by atoms with Crippen molar-refractivity contribution >= 4 is 0 Å². The third-order valence-electron chi connectivity index (χ3n) is 2.31. The SMILES string of the molecule is COCCOCCOc1c(C)cccc1C. The van der Waals surface area contributed by atoms with E-state index in [-0.39, 0.29) is 0 Å². The Balaban J connectivity index is 2.26. The van der Waals surface area contributed by atoms with Crippen LogP contribution in [0.5, 0.6) is 5.75 Å². The second-order valence-corrected chi connectivity index (χ2v) is 3.67. The molecular weight excluding hydrogens is 204 g/mol. The van der Waals surface area contributed by atoms with E-state index in [4.69, 9.17) is 14.2 Å². The molecule has 0 aliphatic carbocycles. The van der Waals surface area contributed by atoms with Crippen molar-refractivity contribution in [3.63, 3.8) is 0 Å². The summed E-state index contributed by atoms with van der Waals surface area (Å²) in [5.74, 6) is 0.970. The van der Waals surface area contributed by atoms with Crippen LogP contribution in [-0.2, 0) is 9.47 Å². The molecule has 1 aromatic carbocycles. The Bertz CT molecular complexity index is 290. The van der Waals surface area contributed by atoms with E-state index in [1.165, 1.54) is 0 Å². The topological polar surface area (TPSA) is 27.7 Å². The first-order chi connectivity index (χ1) is 7.75. The van der Waals surface area contributed by atoms with Crippen LogP contribution in [0.1, 0.15) is 11.1 Å². The lowest BCUT2D eigenvalue weighted by Gasteiger charge is -2.11. The molecule has 0 aliphatic heterocycles. The number of hydrogen-bond donors (Lipinski definition) is 0. The first-order valence-corrected chi connectivity index (χ1v) is 5.51. The quantitative estimate of drug-likeness (QED) is 0.665. The van der Waals surface area contributed by atoms with Gasteiger partial charge in [-0.25, -0.2) is 0 Å². The maximum Gasteiger partial charge on any atom is 0.125 e. The number of aryl methyl sites for hydroxylation is 2. The fraction of sp³-hybridized carbons (Fsp3) is 0.538. The summed E-state index contributed by atoms with van der Waals surface area (Å²) >= 11 is 0. The first kappa shape index (κ1) is 13.0. The van der Waals surface area contributed by atoms with E-state index < -0.39 is 0 Å². The Morgan fingerprint density at radius 2 is 1.56 bits per heavy atom. The monoisotopic (exact) mass is 224 g/mol. The van der Waals surface area contributed by atoms with E-state index in [1.807, 2.05) is 32.0 Å². The van der Waals surface area contributed by atoms with Crippen LogP contribution in [0.3, 0.4) is 0 Å². The van der Waals surface area contributed by atoms with E-state index in [1.54, 1.807) is 7.11 Å². The lowest BCUT2D eigenvalue weighted by Crippen LogP contribution is -2.10. The van der Waals surface area contributed by atoms with E-state index in [0.717, 1.165) is 16.9 Å². The van der Waals surface area contributed by atoms with E-state index in [2.05, 4.69) is 0 Å². The Morgan fingerprint density at radius 3 is 2.19 bits per heavy atom. The van der Waals surface area contributed by atoms with Gasteiger partial charge in [-0.2, -0.15) is 0 Å². The number of hydrogen-bond acceptors (Lipinski definition) is 3. The maximum atomic E-state index is 5.68. The van der Waals surface area contributed by atoms with Crippen LogP contribution in [-0.4, -0.2) is 33.5 Å². The smallest absolute Gasteiger partial charge is 0.125 e. The summed E-state index contributed by atoms with van der Waals surface area (Å²) in [5.41, 5.74) is 2.33. The molecule has 1 rings (SSSR count). The van der Waals surface area contributed by atoms with Gasteiger partial charge < -0.3 is 14.2 Å².